The van der Waals surface area contributed by atoms with E-state index >= 15 is 0 Å². The van der Waals surface area contributed by atoms with E-state index in [4.69, 9.17) is 4.74 Å². The van der Waals surface area contributed by atoms with Gasteiger partial charge in [-0.3, -0.25) is 19.1 Å². The normalized spacial score (nSPS) is 11.0. The summed E-state index contributed by atoms with van der Waals surface area (Å²) in [5, 5.41) is 12.4. The number of H-pyrrole nitrogens is 2. The van der Waals surface area contributed by atoms with Gasteiger partial charge >= 0.3 is 5.69 Å². The van der Waals surface area contributed by atoms with Crippen LogP contribution in [0.2, 0.25) is 0 Å². The van der Waals surface area contributed by atoms with Gasteiger partial charge in [0.2, 0.25) is 5.91 Å². The average molecular weight is 522 g/mol. The van der Waals surface area contributed by atoms with Crippen LogP contribution >= 0.6 is 23.1 Å². The van der Waals surface area contributed by atoms with Crippen LogP contribution < -0.4 is 21.3 Å². The lowest BCUT2D eigenvalue weighted by Gasteiger charge is -2.11. The molecular weight excluding hydrogens is 502 g/mol. The van der Waals surface area contributed by atoms with E-state index in [1.807, 2.05) is 36.4 Å². The van der Waals surface area contributed by atoms with Crippen LogP contribution in [0.1, 0.15) is 11.5 Å². The first kappa shape index (κ1) is 23.5. The predicted molar refractivity (Wildman–Crippen MR) is 137 cm³/mol. The predicted octanol–water partition coefficient (Wildman–Crippen LogP) is 2.58. The molecule has 0 aliphatic carbocycles. The highest BCUT2D eigenvalue weighted by molar-refractivity contribution is 7.99. The minimum atomic E-state index is -0.603. The molecule has 1 amide bonds. The van der Waals surface area contributed by atoms with Crippen LogP contribution in [0.25, 0.3) is 15.9 Å². The summed E-state index contributed by atoms with van der Waals surface area (Å²) in [5.74, 6) is 1.00. The number of methoxy groups -OCH3 is 1. The molecule has 3 heterocycles. The van der Waals surface area contributed by atoms with Crippen molar-refractivity contribution in [1.82, 2.24) is 29.7 Å². The third kappa shape index (κ3) is 5.21. The fourth-order valence-electron chi connectivity index (χ4n) is 3.49. The minimum Gasteiger partial charge on any atom is -0.497 e. The van der Waals surface area contributed by atoms with E-state index in [9.17, 15) is 14.4 Å². The largest absolute Gasteiger partial charge is 0.497 e. The lowest BCUT2D eigenvalue weighted by Crippen LogP contribution is -2.23. The average Bonchev–Trinajstić information content (AvgIpc) is 3.45. The van der Waals surface area contributed by atoms with Crippen molar-refractivity contribution in [2.75, 3.05) is 18.2 Å². The monoisotopic (exact) mass is 521 g/mol. The molecule has 0 bridgehead atoms. The molecule has 182 valence electrons. The summed E-state index contributed by atoms with van der Waals surface area (Å²) in [7, 11) is 1.58. The number of hydrogen-bond acceptors (Lipinski definition) is 9. The van der Waals surface area contributed by atoms with Crippen molar-refractivity contribution in [1.29, 1.82) is 0 Å². The summed E-state index contributed by atoms with van der Waals surface area (Å²) >= 11 is 2.61. The van der Waals surface area contributed by atoms with Crippen LogP contribution in [0, 0.1) is 0 Å². The van der Waals surface area contributed by atoms with Gasteiger partial charge in [0.1, 0.15) is 11.6 Å². The molecule has 36 heavy (non-hydrogen) atoms. The van der Waals surface area contributed by atoms with Crippen molar-refractivity contribution in [2.45, 2.75) is 11.6 Å². The quantitative estimate of drug-likeness (QED) is 0.264. The Morgan fingerprint density at radius 1 is 1.11 bits per heavy atom. The van der Waals surface area contributed by atoms with Crippen LogP contribution in [0.4, 0.5) is 5.13 Å². The fraction of sp³-hybridized carbons (Fsp3) is 0.130. The van der Waals surface area contributed by atoms with Gasteiger partial charge in [0.05, 0.1) is 23.1 Å². The van der Waals surface area contributed by atoms with E-state index in [1.165, 1.54) is 29.2 Å². The number of carbonyl (C=O) groups is 1. The van der Waals surface area contributed by atoms with Gasteiger partial charge in [-0.05, 0) is 36.4 Å². The molecule has 0 atom stereocenters. The van der Waals surface area contributed by atoms with Crippen LogP contribution in [-0.4, -0.2) is 48.5 Å². The number of aromatic nitrogens is 6. The maximum Gasteiger partial charge on any atom is 0.325 e. The highest BCUT2D eigenvalue weighted by atomic mass is 32.2. The van der Waals surface area contributed by atoms with E-state index in [0.717, 1.165) is 15.9 Å². The van der Waals surface area contributed by atoms with Crippen LogP contribution in [0.5, 0.6) is 5.75 Å². The molecule has 0 saturated carbocycles. The smallest absolute Gasteiger partial charge is 0.325 e. The number of fused-ring (bicyclic) bond motifs is 1. The van der Waals surface area contributed by atoms with Crippen molar-refractivity contribution >= 4 is 44.4 Å². The number of rotatable bonds is 8. The molecular formula is C23H19N7O4S2. The topological polar surface area (TPSA) is 148 Å². The molecule has 3 N–H and O–H groups in total. The standard InChI is InChI=1S/C23H19N7O4S2/c1-34-15-8-6-14(7-9-15)30-18(10-13-11-19(31)26-21(33)24-13)28-29-23(30)35-12-20(32)27-22-25-16-4-2-3-5-17(16)36-22/h2-9,11H,10,12H2,1H3,(H,25,27,32)(H2,24,26,31,33). The Morgan fingerprint density at radius 3 is 2.67 bits per heavy atom. The second kappa shape index (κ2) is 10.2. The number of nitrogens with zero attached hydrogens (tertiary/aromatic N) is 4. The summed E-state index contributed by atoms with van der Waals surface area (Å²) in [6.45, 7) is 0. The molecule has 5 aromatic rings. The first-order valence-corrected chi connectivity index (χ1v) is 12.5. The molecule has 0 fully saturated rings. The number of aromatic amines is 2. The number of carbonyl (C=O) groups excluding carboxylic acids is 1. The van der Waals surface area contributed by atoms with E-state index < -0.39 is 11.2 Å². The van der Waals surface area contributed by atoms with E-state index in [-0.39, 0.29) is 18.1 Å². The summed E-state index contributed by atoms with van der Waals surface area (Å²) in [4.78, 5) is 45.3. The van der Waals surface area contributed by atoms with Crippen molar-refractivity contribution < 1.29 is 9.53 Å². The molecule has 0 radical (unpaired) electrons. The zero-order valence-corrected chi connectivity index (χ0v) is 20.5. The van der Waals surface area contributed by atoms with Crippen LogP contribution in [0.15, 0.2) is 69.3 Å². The lowest BCUT2D eigenvalue weighted by atomic mass is 10.2. The summed E-state index contributed by atoms with van der Waals surface area (Å²) in [5.41, 5.74) is 0.833. The fourth-order valence-corrected chi connectivity index (χ4v) is 5.15. The maximum atomic E-state index is 12.6. The first-order chi connectivity index (χ1) is 17.5. The Kier molecular flexibility index (Phi) is 6.64. The summed E-state index contributed by atoms with van der Waals surface area (Å²) in [6.07, 6.45) is 0.149. The number of hydrogen-bond donors (Lipinski definition) is 3. The van der Waals surface area contributed by atoms with Gasteiger partial charge in [-0.25, -0.2) is 9.78 Å². The molecule has 3 aromatic heterocycles. The maximum absolute atomic E-state index is 12.6. The number of thiazole rings is 1. The molecule has 0 aliphatic heterocycles. The molecule has 13 heteroatoms. The van der Waals surface area contributed by atoms with Gasteiger partial charge in [0.15, 0.2) is 10.3 Å². The Balaban J connectivity index is 1.39. The van der Waals surface area contributed by atoms with Gasteiger partial charge in [0.25, 0.3) is 5.56 Å². The van der Waals surface area contributed by atoms with Crippen molar-refractivity contribution in [2.24, 2.45) is 0 Å². The molecule has 0 unspecified atom stereocenters. The molecule has 0 aliphatic rings. The highest BCUT2D eigenvalue weighted by Crippen LogP contribution is 2.27. The number of thioether (sulfide) groups is 1. The number of amides is 1. The molecule has 2 aromatic carbocycles. The Bertz CT molecular complexity index is 1590. The van der Waals surface area contributed by atoms with Gasteiger partial charge in [-0.1, -0.05) is 35.2 Å². The van der Waals surface area contributed by atoms with E-state index in [0.29, 0.717) is 27.6 Å². The highest BCUT2D eigenvalue weighted by Gasteiger charge is 2.18. The Morgan fingerprint density at radius 2 is 1.92 bits per heavy atom. The van der Waals surface area contributed by atoms with E-state index in [2.05, 4.69) is 30.5 Å². The summed E-state index contributed by atoms with van der Waals surface area (Å²) < 4.78 is 8.01. The third-order valence-electron chi connectivity index (χ3n) is 5.07. The number of anilines is 1. The van der Waals surface area contributed by atoms with Gasteiger partial charge in [-0.15, -0.1) is 10.2 Å². The third-order valence-corrected chi connectivity index (χ3v) is 6.95. The van der Waals surface area contributed by atoms with Crippen molar-refractivity contribution in [3.05, 3.63) is 87.0 Å². The zero-order valence-electron chi connectivity index (χ0n) is 18.8. The Labute approximate surface area is 211 Å². The number of benzene rings is 2. The van der Waals surface area contributed by atoms with E-state index in [1.54, 1.807) is 23.8 Å². The first-order valence-electron chi connectivity index (χ1n) is 10.7. The van der Waals surface area contributed by atoms with Crippen LogP contribution in [-0.2, 0) is 11.2 Å². The van der Waals surface area contributed by atoms with Crippen molar-refractivity contribution in [3.8, 4) is 11.4 Å². The molecule has 0 spiro atoms. The SMILES string of the molecule is COc1ccc(-n2c(Cc3cc(=O)[nH]c(=O)[nH]3)nnc2SCC(=O)Nc2nc3ccccc3s2)cc1. The number of ether oxygens (including phenoxy) is 1. The minimum absolute atomic E-state index is 0.0754. The Hall–Kier alpha value is -4.23. The number of nitrogens with one attached hydrogen (secondary N) is 3. The van der Waals surface area contributed by atoms with Crippen LogP contribution in [0.3, 0.4) is 0 Å². The van der Waals surface area contributed by atoms with Crippen molar-refractivity contribution in [3.63, 3.8) is 0 Å². The molecule has 11 nitrogen and oxygen atoms in total. The lowest BCUT2D eigenvalue weighted by molar-refractivity contribution is -0.113. The zero-order chi connectivity index (χ0) is 25.1. The van der Waals surface area contributed by atoms with Gasteiger partial charge in [-0.2, -0.15) is 0 Å². The van der Waals surface area contributed by atoms with Gasteiger partial charge < -0.3 is 15.0 Å². The van der Waals surface area contributed by atoms with Gasteiger partial charge in [0, 0.05) is 23.9 Å². The second-order valence-corrected chi connectivity index (χ2v) is 9.52. The summed E-state index contributed by atoms with van der Waals surface area (Å²) in [6, 6.07) is 16.2. The number of para-hydroxylation sites is 1. The molecule has 0 saturated heterocycles. The molecule has 5 rings (SSSR count). The second-order valence-electron chi connectivity index (χ2n) is 7.55.